The smallest absolute Gasteiger partial charge is 0.172 e. The number of hydrogen-bond donors (Lipinski definition) is 0. The third-order valence-electron chi connectivity index (χ3n) is 6.81. The van der Waals surface area contributed by atoms with Crippen molar-refractivity contribution in [3.8, 4) is 11.1 Å². The summed E-state index contributed by atoms with van der Waals surface area (Å²) in [5.41, 5.74) is 5.88. The van der Waals surface area contributed by atoms with Crippen molar-refractivity contribution in [2.24, 2.45) is 5.16 Å². The van der Waals surface area contributed by atoms with E-state index in [-0.39, 0.29) is 11.9 Å². The lowest BCUT2D eigenvalue weighted by atomic mass is 9.96. The molecule has 0 bridgehead atoms. The van der Waals surface area contributed by atoms with Gasteiger partial charge in [0.15, 0.2) is 5.78 Å². The van der Waals surface area contributed by atoms with Crippen LogP contribution in [0, 0.1) is 0 Å². The Labute approximate surface area is 216 Å². The lowest BCUT2D eigenvalue weighted by Gasteiger charge is -2.32. The fourth-order valence-corrected chi connectivity index (χ4v) is 5.67. The molecule has 5 nitrogen and oxygen atoms in total. The van der Waals surface area contributed by atoms with Crippen molar-refractivity contribution < 1.29 is 9.63 Å². The number of piperazine rings is 1. The Morgan fingerprint density at radius 2 is 1.77 bits per heavy atom. The lowest BCUT2D eigenvalue weighted by Crippen LogP contribution is -2.43. The van der Waals surface area contributed by atoms with Gasteiger partial charge in [0.2, 0.25) is 0 Å². The number of likely N-dealkylation sites (N-methyl/N-ethyl adjacent to an activating group) is 1. The molecule has 1 aromatic heterocycles. The molecule has 2 aliphatic rings. The summed E-state index contributed by atoms with van der Waals surface area (Å²) in [4.78, 5) is 23.6. The number of benzene rings is 2. The molecule has 7 heteroatoms. The predicted octanol–water partition coefficient (Wildman–Crippen LogP) is 5.97. The van der Waals surface area contributed by atoms with Gasteiger partial charge in [-0.1, -0.05) is 65.3 Å². The molecule has 3 heterocycles. The maximum Gasteiger partial charge on any atom is 0.172 e. The first-order chi connectivity index (χ1) is 17.0. The van der Waals surface area contributed by atoms with Gasteiger partial charge in [-0.15, -0.1) is 11.3 Å². The Hall–Kier alpha value is -2.51. The Bertz CT molecular complexity index is 1200. The maximum absolute atomic E-state index is 12.4. The zero-order chi connectivity index (χ0) is 24.2. The molecule has 1 fully saturated rings. The molecule has 3 aromatic rings. The van der Waals surface area contributed by atoms with Gasteiger partial charge < -0.3 is 9.74 Å². The van der Waals surface area contributed by atoms with Crippen molar-refractivity contribution in [2.75, 3.05) is 33.2 Å². The molecule has 2 aliphatic heterocycles. The summed E-state index contributed by atoms with van der Waals surface area (Å²) in [5, 5.41) is 4.32. The largest absolute Gasteiger partial charge is 0.392 e. The van der Waals surface area contributed by atoms with Crippen molar-refractivity contribution in [1.29, 1.82) is 0 Å². The highest BCUT2D eigenvalue weighted by molar-refractivity contribution is 7.18. The Morgan fingerprint density at radius 3 is 2.51 bits per heavy atom. The van der Waals surface area contributed by atoms with Gasteiger partial charge in [0.1, 0.15) is 6.10 Å². The molecule has 1 unspecified atom stereocenters. The highest BCUT2D eigenvalue weighted by atomic mass is 35.5. The van der Waals surface area contributed by atoms with Gasteiger partial charge in [-0.25, -0.2) is 0 Å². The van der Waals surface area contributed by atoms with Crippen molar-refractivity contribution in [3.63, 3.8) is 0 Å². The van der Waals surface area contributed by atoms with Crippen LogP contribution in [0.25, 0.3) is 11.1 Å². The zero-order valence-corrected chi connectivity index (χ0v) is 21.5. The van der Waals surface area contributed by atoms with E-state index in [4.69, 9.17) is 16.4 Å². The summed E-state index contributed by atoms with van der Waals surface area (Å²) in [5.74, 6) is 0.110. The van der Waals surface area contributed by atoms with Crippen molar-refractivity contribution in [1.82, 2.24) is 9.80 Å². The summed E-state index contributed by atoms with van der Waals surface area (Å²) in [6, 6.07) is 20.9. The van der Waals surface area contributed by atoms with Gasteiger partial charge in [0.05, 0.1) is 14.9 Å². The summed E-state index contributed by atoms with van der Waals surface area (Å²) < 4.78 is 0.640. The first kappa shape index (κ1) is 24.2. The average Bonchev–Trinajstić information content (AvgIpc) is 3.54. The SMILES string of the molecule is CN1CCN(Cc2ccccc2-c2ccc(C3=NOC(CCC(=O)c4ccc(Cl)s4)C3)cc2)CC1. The summed E-state index contributed by atoms with van der Waals surface area (Å²) in [6.45, 7) is 5.44. The summed E-state index contributed by atoms with van der Waals surface area (Å²) >= 11 is 7.27. The molecule has 0 amide bonds. The van der Waals surface area contributed by atoms with E-state index in [9.17, 15) is 4.79 Å². The molecule has 0 N–H and O–H groups in total. The van der Waals surface area contributed by atoms with Crippen molar-refractivity contribution in [2.45, 2.75) is 31.9 Å². The molecule has 0 spiro atoms. The highest BCUT2D eigenvalue weighted by Crippen LogP contribution is 2.28. The van der Waals surface area contributed by atoms with Gasteiger partial charge >= 0.3 is 0 Å². The number of rotatable bonds is 8. The average molecular weight is 508 g/mol. The fourth-order valence-electron chi connectivity index (χ4n) is 4.66. The molecule has 0 aliphatic carbocycles. The molecule has 0 radical (unpaired) electrons. The number of halogens is 1. The maximum atomic E-state index is 12.4. The molecule has 182 valence electrons. The monoisotopic (exact) mass is 507 g/mol. The molecule has 2 aromatic carbocycles. The van der Waals surface area contributed by atoms with Gasteiger partial charge in [-0.2, -0.15) is 0 Å². The van der Waals surface area contributed by atoms with E-state index in [2.05, 4.69) is 70.5 Å². The molecule has 0 saturated carbocycles. The number of thiophene rings is 1. The van der Waals surface area contributed by atoms with Crippen LogP contribution >= 0.6 is 22.9 Å². The number of oxime groups is 1. The first-order valence-corrected chi connectivity index (χ1v) is 13.4. The minimum Gasteiger partial charge on any atom is -0.392 e. The topological polar surface area (TPSA) is 45.1 Å². The highest BCUT2D eigenvalue weighted by Gasteiger charge is 2.24. The van der Waals surface area contributed by atoms with Crippen LogP contribution in [0.3, 0.4) is 0 Å². The van der Waals surface area contributed by atoms with E-state index >= 15 is 0 Å². The van der Waals surface area contributed by atoms with E-state index in [1.807, 2.05) is 0 Å². The number of Topliss-reactive ketones (excluding diaryl/α,β-unsaturated/α-hetero) is 1. The minimum atomic E-state index is -0.0617. The number of nitrogens with zero attached hydrogens (tertiary/aromatic N) is 3. The standard InChI is InChI=1S/C28H30ClN3O2S/c1-31-14-16-32(17-15-31)19-22-4-2-3-5-24(22)20-6-8-21(9-7-20)25-18-23(34-30-25)10-11-26(33)27-12-13-28(29)35-27/h2-9,12-13,23H,10-11,14-19H2,1H3. The molecular weight excluding hydrogens is 478 g/mol. The van der Waals surface area contributed by atoms with Gasteiger partial charge in [0.25, 0.3) is 0 Å². The van der Waals surface area contributed by atoms with Gasteiger partial charge in [-0.05, 0) is 47.9 Å². The van der Waals surface area contributed by atoms with Crippen LogP contribution in [0.1, 0.15) is 40.1 Å². The third kappa shape index (κ3) is 6.01. The van der Waals surface area contributed by atoms with Gasteiger partial charge in [0, 0.05) is 45.6 Å². The Kier molecular flexibility index (Phi) is 7.63. The van der Waals surface area contributed by atoms with Crippen LogP contribution in [0.2, 0.25) is 4.34 Å². The van der Waals surface area contributed by atoms with E-state index in [1.165, 1.54) is 28.0 Å². The van der Waals surface area contributed by atoms with Crippen LogP contribution in [0.15, 0.2) is 65.8 Å². The normalized spacial score (nSPS) is 18.9. The van der Waals surface area contributed by atoms with E-state index < -0.39 is 0 Å². The number of ketones is 1. The van der Waals surface area contributed by atoms with Crippen LogP contribution in [-0.2, 0) is 11.4 Å². The quantitative estimate of drug-likeness (QED) is 0.352. The second-order valence-electron chi connectivity index (χ2n) is 9.35. The summed E-state index contributed by atoms with van der Waals surface area (Å²) in [7, 11) is 2.19. The zero-order valence-electron chi connectivity index (χ0n) is 20.0. The third-order valence-corrected chi connectivity index (χ3v) is 8.08. The van der Waals surface area contributed by atoms with Crippen LogP contribution in [0.4, 0.5) is 0 Å². The van der Waals surface area contributed by atoms with E-state index in [1.54, 1.807) is 12.1 Å². The van der Waals surface area contributed by atoms with Crippen molar-refractivity contribution >= 4 is 34.4 Å². The minimum absolute atomic E-state index is 0.0617. The second-order valence-corrected chi connectivity index (χ2v) is 11.1. The Balaban J connectivity index is 1.19. The number of carbonyl (C=O) groups excluding carboxylic acids is 1. The van der Waals surface area contributed by atoms with E-state index in [0.717, 1.165) is 50.4 Å². The number of carbonyl (C=O) groups is 1. The predicted molar refractivity (Wildman–Crippen MR) is 144 cm³/mol. The number of hydrogen-bond acceptors (Lipinski definition) is 6. The van der Waals surface area contributed by atoms with Gasteiger partial charge in [-0.3, -0.25) is 9.69 Å². The Morgan fingerprint density at radius 1 is 1.03 bits per heavy atom. The fraction of sp³-hybridized carbons (Fsp3) is 0.357. The first-order valence-electron chi connectivity index (χ1n) is 12.2. The molecule has 35 heavy (non-hydrogen) atoms. The molecular formula is C28H30ClN3O2S. The summed E-state index contributed by atoms with van der Waals surface area (Å²) in [6.07, 6.45) is 1.75. The molecule has 5 rings (SSSR count). The molecule has 1 atom stereocenters. The van der Waals surface area contributed by atoms with Crippen molar-refractivity contribution in [3.05, 3.63) is 81.0 Å². The van der Waals surface area contributed by atoms with E-state index in [0.29, 0.717) is 22.1 Å². The molecule has 1 saturated heterocycles. The second kappa shape index (κ2) is 11.0. The lowest BCUT2D eigenvalue weighted by molar-refractivity contribution is 0.0720. The van der Waals surface area contributed by atoms with Crippen LogP contribution < -0.4 is 0 Å². The van der Waals surface area contributed by atoms with Crippen LogP contribution in [0.5, 0.6) is 0 Å². The van der Waals surface area contributed by atoms with Crippen LogP contribution in [-0.4, -0.2) is 60.6 Å².